The zero-order valence-electron chi connectivity index (χ0n) is 20.4. The van der Waals surface area contributed by atoms with Crippen molar-refractivity contribution in [3.63, 3.8) is 0 Å². The van der Waals surface area contributed by atoms with E-state index in [-0.39, 0.29) is 28.6 Å². The van der Waals surface area contributed by atoms with Crippen molar-refractivity contribution in [1.82, 2.24) is 10.1 Å². The number of ketones is 1. The van der Waals surface area contributed by atoms with E-state index in [2.05, 4.69) is 24.0 Å². The van der Waals surface area contributed by atoms with Gasteiger partial charge in [-0.25, -0.2) is 4.79 Å². The molecule has 1 aliphatic heterocycles. The lowest BCUT2D eigenvalue weighted by atomic mass is 9.93. The number of ether oxygens (including phenoxy) is 1. The van der Waals surface area contributed by atoms with Gasteiger partial charge in [0.25, 0.3) is 5.78 Å². The summed E-state index contributed by atoms with van der Waals surface area (Å²) >= 11 is 0. The molecule has 1 saturated heterocycles. The number of carbonyl (C=O) groups is 3. The Labute approximate surface area is 202 Å². The van der Waals surface area contributed by atoms with Crippen LogP contribution in [0, 0.1) is 20.8 Å². The molecule has 35 heavy (non-hydrogen) atoms. The van der Waals surface area contributed by atoms with Crippen LogP contribution in [0.3, 0.4) is 0 Å². The molecular formula is C26H27N3O6. The number of hydrogen-bond donors (Lipinski definition) is 2. The van der Waals surface area contributed by atoms with Gasteiger partial charge in [-0.1, -0.05) is 43.3 Å². The van der Waals surface area contributed by atoms with Crippen molar-refractivity contribution in [1.29, 1.82) is 0 Å². The van der Waals surface area contributed by atoms with Crippen LogP contribution in [0.4, 0.5) is 5.82 Å². The van der Waals surface area contributed by atoms with Gasteiger partial charge in [-0.2, -0.15) is 0 Å². The summed E-state index contributed by atoms with van der Waals surface area (Å²) in [4.78, 5) is 42.9. The number of methoxy groups -OCH3 is 1. The maximum Gasteiger partial charge on any atom is 0.339 e. The van der Waals surface area contributed by atoms with E-state index in [1.165, 1.54) is 12.0 Å². The number of hydrogen-bond acceptors (Lipinski definition) is 7. The number of H-pyrrole nitrogens is 1. The third-order valence-corrected chi connectivity index (χ3v) is 6.29. The van der Waals surface area contributed by atoms with Crippen molar-refractivity contribution in [3.05, 3.63) is 75.3 Å². The van der Waals surface area contributed by atoms with Gasteiger partial charge >= 0.3 is 11.9 Å². The van der Waals surface area contributed by atoms with Crippen LogP contribution in [-0.4, -0.2) is 40.0 Å². The molecule has 1 fully saturated rings. The molecule has 1 amide bonds. The molecule has 1 aliphatic rings. The SMILES string of the molecule is COC(=O)c1c(C)[nH]c(/C(O)=C2\C(=O)C(=O)N(c3cc(C)on3)C2c2ccc(C(C)C)cc2)c1C. The highest BCUT2D eigenvalue weighted by Crippen LogP contribution is 2.42. The predicted octanol–water partition coefficient (Wildman–Crippen LogP) is 4.46. The molecule has 3 aromatic rings. The van der Waals surface area contributed by atoms with Gasteiger partial charge in [0.2, 0.25) is 0 Å². The van der Waals surface area contributed by atoms with Gasteiger partial charge in [-0.05, 0) is 43.4 Å². The van der Waals surface area contributed by atoms with E-state index in [4.69, 9.17) is 9.26 Å². The molecular weight excluding hydrogens is 450 g/mol. The molecule has 9 heteroatoms. The van der Waals surface area contributed by atoms with Crippen molar-refractivity contribution in [2.75, 3.05) is 12.0 Å². The second-order valence-corrected chi connectivity index (χ2v) is 8.90. The minimum atomic E-state index is -0.953. The fourth-order valence-corrected chi connectivity index (χ4v) is 4.44. The summed E-state index contributed by atoms with van der Waals surface area (Å²) in [5.74, 6) is -1.78. The molecule has 0 spiro atoms. The van der Waals surface area contributed by atoms with E-state index in [1.807, 2.05) is 24.3 Å². The van der Waals surface area contributed by atoms with Crippen LogP contribution in [0.5, 0.6) is 0 Å². The molecule has 2 N–H and O–H groups in total. The van der Waals surface area contributed by atoms with Gasteiger partial charge in [0.1, 0.15) is 11.5 Å². The number of benzene rings is 1. The Hall–Kier alpha value is -4.14. The van der Waals surface area contributed by atoms with Gasteiger partial charge < -0.3 is 19.4 Å². The summed E-state index contributed by atoms with van der Waals surface area (Å²) in [5, 5.41) is 15.3. The van der Waals surface area contributed by atoms with Crippen LogP contribution in [0.2, 0.25) is 0 Å². The Balaban J connectivity index is 1.95. The van der Waals surface area contributed by atoms with Crippen molar-refractivity contribution in [3.8, 4) is 0 Å². The number of aromatic nitrogens is 2. The first-order chi connectivity index (χ1) is 16.6. The number of nitrogens with zero attached hydrogens (tertiary/aromatic N) is 2. The number of nitrogens with one attached hydrogen (secondary N) is 1. The van der Waals surface area contributed by atoms with Crippen molar-refractivity contribution >= 4 is 29.2 Å². The van der Waals surface area contributed by atoms with E-state index in [0.29, 0.717) is 22.6 Å². The minimum Gasteiger partial charge on any atom is -0.505 e. The van der Waals surface area contributed by atoms with Crippen LogP contribution in [0.25, 0.3) is 5.76 Å². The molecule has 1 unspecified atom stereocenters. The molecule has 182 valence electrons. The Bertz CT molecular complexity index is 1360. The van der Waals surface area contributed by atoms with Crippen LogP contribution in [0.15, 0.2) is 40.4 Å². The maximum atomic E-state index is 13.3. The zero-order chi connectivity index (χ0) is 25.6. The van der Waals surface area contributed by atoms with Gasteiger partial charge in [0.15, 0.2) is 5.82 Å². The molecule has 9 nitrogen and oxygen atoms in total. The summed E-state index contributed by atoms with van der Waals surface area (Å²) in [6.07, 6.45) is 0. The third kappa shape index (κ3) is 3.92. The van der Waals surface area contributed by atoms with E-state index in [0.717, 1.165) is 5.56 Å². The van der Waals surface area contributed by atoms with E-state index >= 15 is 0 Å². The van der Waals surface area contributed by atoms with E-state index in [9.17, 15) is 19.5 Å². The smallest absolute Gasteiger partial charge is 0.339 e. The summed E-state index contributed by atoms with van der Waals surface area (Å²) in [6, 6.07) is 8.10. The van der Waals surface area contributed by atoms with Crippen molar-refractivity contribution < 1.29 is 28.8 Å². The fraction of sp³-hybridized carbons (Fsp3) is 0.308. The molecule has 2 aromatic heterocycles. The number of aromatic amines is 1. The lowest BCUT2D eigenvalue weighted by Gasteiger charge is -2.23. The Kier molecular flexibility index (Phi) is 6.10. The number of anilines is 1. The lowest BCUT2D eigenvalue weighted by molar-refractivity contribution is -0.132. The van der Waals surface area contributed by atoms with Gasteiger partial charge in [0, 0.05) is 11.8 Å². The maximum absolute atomic E-state index is 13.3. The fourth-order valence-electron chi connectivity index (χ4n) is 4.44. The number of rotatable bonds is 5. The Morgan fingerprint density at radius 2 is 1.83 bits per heavy atom. The zero-order valence-corrected chi connectivity index (χ0v) is 20.4. The molecule has 0 saturated carbocycles. The van der Waals surface area contributed by atoms with Gasteiger partial charge in [-0.3, -0.25) is 14.5 Å². The van der Waals surface area contributed by atoms with E-state index < -0.39 is 29.5 Å². The summed E-state index contributed by atoms with van der Waals surface area (Å²) in [7, 11) is 1.26. The topological polar surface area (TPSA) is 126 Å². The van der Waals surface area contributed by atoms with Gasteiger partial charge in [-0.15, -0.1) is 0 Å². The largest absolute Gasteiger partial charge is 0.505 e. The highest BCUT2D eigenvalue weighted by molar-refractivity contribution is 6.51. The molecule has 0 bridgehead atoms. The number of aliphatic hydroxyl groups excluding tert-OH is 1. The standard InChI is InChI=1S/C26H27N3O6/c1-12(2)16-7-9-17(10-8-16)22-20(24(31)25(32)29(22)18-11-13(3)35-28-18)23(30)21-14(4)19(15(5)27-21)26(33)34-6/h7-12,22,27,30H,1-6H3/b23-20+. The first-order valence-corrected chi connectivity index (χ1v) is 11.2. The van der Waals surface area contributed by atoms with Crippen molar-refractivity contribution in [2.24, 2.45) is 0 Å². The van der Waals surface area contributed by atoms with Crippen LogP contribution in [-0.2, 0) is 14.3 Å². The third-order valence-electron chi connectivity index (χ3n) is 6.29. The lowest BCUT2D eigenvalue weighted by Crippen LogP contribution is -2.29. The van der Waals surface area contributed by atoms with E-state index in [1.54, 1.807) is 26.8 Å². The summed E-state index contributed by atoms with van der Waals surface area (Å²) in [5.41, 5.74) is 2.88. The first-order valence-electron chi connectivity index (χ1n) is 11.2. The summed E-state index contributed by atoms with van der Waals surface area (Å²) < 4.78 is 10.0. The highest BCUT2D eigenvalue weighted by atomic mass is 16.5. The number of Topliss-reactive ketones (excluding diaryl/α,β-unsaturated/α-hetero) is 1. The molecule has 1 aromatic carbocycles. The average Bonchev–Trinajstić information content (AvgIpc) is 3.46. The predicted molar refractivity (Wildman–Crippen MR) is 128 cm³/mol. The normalized spacial score (nSPS) is 17.5. The summed E-state index contributed by atoms with van der Waals surface area (Å²) in [6.45, 7) is 9.10. The molecule has 4 rings (SSSR count). The number of aliphatic hydroxyl groups is 1. The van der Waals surface area contributed by atoms with Crippen molar-refractivity contribution in [2.45, 2.75) is 46.6 Å². The van der Waals surface area contributed by atoms with Crippen LogP contribution < -0.4 is 4.90 Å². The minimum absolute atomic E-state index is 0.117. The number of aryl methyl sites for hydroxylation is 2. The molecule has 0 aliphatic carbocycles. The highest BCUT2D eigenvalue weighted by Gasteiger charge is 2.48. The molecule has 0 radical (unpaired) electrons. The van der Waals surface area contributed by atoms with Crippen LogP contribution >= 0.6 is 0 Å². The number of amides is 1. The number of carbonyl (C=O) groups excluding carboxylic acids is 3. The monoisotopic (exact) mass is 477 g/mol. The quantitative estimate of drug-likeness (QED) is 0.240. The second kappa shape index (κ2) is 8.90. The average molecular weight is 478 g/mol. The second-order valence-electron chi connectivity index (χ2n) is 8.90. The Morgan fingerprint density at radius 3 is 2.37 bits per heavy atom. The van der Waals surface area contributed by atoms with Crippen LogP contribution in [0.1, 0.15) is 70.0 Å². The molecule has 1 atom stereocenters. The Morgan fingerprint density at radius 1 is 1.17 bits per heavy atom. The van der Waals surface area contributed by atoms with Gasteiger partial charge in [0.05, 0.1) is 30.0 Å². The molecule has 3 heterocycles. The first kappa shape index (κ1) is 24.0. The number of esters is 1.